The highest BCUT2D eigenvalue weighted by Gasteiger charge is 2.28. The van der Waals surface area contributed by atoms with Crippen LogP contribution in [0, 0.1) is 0 Å². The number of hydrogen-bond donors (Lipinski definition) is 0. The molecule has 1 fully saturated rings. The smallest absolute Gasteiger partial charge is 0.161 e. The third-order valence-corrected chi connectivity index (χ3v) is 4.36. The van der Waals surface area contributed by atoms with Crippen molar-refractivity contribution in [2.75, 3.05) is 0 Å². The van der Waals surface area contributed by atoms with Gasteiger partial charge in [0, 0.05) is 12.0 Å². The normalized spacial score (nSPS) is 20.3. The number of nitrogens with zero attached hydrogens (tertiary/aromatic N) is 3. The third-order valence-electron chi connectivity index (χ3n) is 4.36. The van der Waals surface area contributed by atoms with Crippen LogP contribution in [-0.4, -0.2) is 20.8 Å². The molecule has 0 N–H and O–H groups in total. The molecule has 4 nitrogen and oxygen atoms in total. The number of para-hydroxylation sites is 1. The number of hydrogen-bond acceptors (Lipinski definition) is 3. The second-order valence-corrected chi connectivity index (χ2v) is 5.86. The predicted molar refractivity (Wildman–Crippen MR) is 89.8 cm³/mol. The van der Waals surface area contributed by atoms with Crippen LogP contribution >= 0.6 is 0 Å². The third kappa shape index (κ3) is 2.57. The highest BCUT2D eigenvalue weighted by molar-refractivity contribution is 6.01. The summed E-state index contributed by atoms with van der Waals surface area (Å²) in [5, 5.41) is 8.55. The van der Waals surface area contributed by atoms with Gasteiger partial charge < -0.3 is 0 Å². The summed E-state index contributed by atoms with van der Waals surface area (Å²) in [7, 11) is 0. The Morgan fingerprint density at radius 2 is 1.83 bits per heavy atom. The lowest BCUT2D eigenvalue weighted by molar-refractivity contribution is -0.116. The van der Waals surface area contributed by atoms with Gasteiger partial charge in [-0.15, -0.1) is 5.10 Å². The summed E-state index contributed by atoms with van der Waals surface area (Å²) < 4.78 is 1.90. The van der Waals surface area contributed by atoms with Gasteiger partial charge in [-0.2, -0.15) is 0 Å². The summed E-state index contributed by atoms with van der Waals surface area (Å²) in [5.41, 5.74) is 3.72. The second kappa shape index (κ2) is 5.80. The van der Waals surface area contributed by atoms with E-state index in [2.05, 4.69) is 10.3 Å². The standard InChI is InChI=1S/C19H17N3O/c23-19-12-6-11-17(15(19)13-14-7-2-1-3-8-14)22-18-10-5-4-9-16(18)20-21-22/h1-5,7-10,13,17H,6,11-12H2/b15-13+. The Bertz CT molecular complexity index is 880. The van der Waals surface area contributed by atoms with Crippen molar-refractivity contribution in [2.45, 2.75) is 25.3 Å². The van der Waals surface area contributed by atoms with E-state index in [-0.39, 0.29) is 11.8 Å². The lowest BCUT2D eigenvalue weighted by Crippen LogP contribution is -2.23. The van der Waals surface area contributed by atoms with Crippen LogP contribution in [0.25, 0.3) is 17.1 Å². The van der Waals surface area contributed by atoms with Crippen LogP contribution in [0.3, 0.4) is 0 Å². The number of allylic oxidation sites excluding steroid dienone is 1. The van der Waals surface area contributed by atoms with Crippen LogP contribution < -0.4 is 0 Å². The fourth-order valence-electron chi connectivity index (χ4n) is 3.22. The maximum Gasteiger partial charge on any atom is 0.161 e. The van der Waals surface area contributed by atoms with E-state index >= 15 is 0 Å². The molecule has 3 aromatic rings. The zero-order chi connectivity index (χ0) is 15.6. The van der Waals surface area contributed by atoms with Crippen molar-refractivity contribution in [3.63, 3.8) is 0 Å². The molecule has 0 radical (unpaired) electrons. The van der Waals surface area contributed by atoms with E-state index in [9.17, 15) is 4.79 Å². The fourth-order valence-corrected chi connectivity index (χ4v) is 3.22. The van der Waals surface area contributed by atoms with Crippen molar-refractivity contribution < 1.29 is 4.79 Å². The van der Waals surface area contributed by atoms with E-state index in [0.717, 1.165) is 35.0 Å². The molecule has 4 heteroatoms. The lowest BCUT2D eigenvalue weighted by atomic mass is 9.87. The summed E-state index contributed by atoms with van der Waals surface area (Å²) in [6.45, 7) is 0. The number of rotatable bonds is 2. The number of carbonyl (C=O) groups is 1. The molecule has 1 saturated carbocycles. The van der Waals surface area contributed by atoms with Crippen molar-refractivity contribution in [3.8, 4) is 0 Å². The van der Waals surface area contributed by atoms with E-state index in [4.69, 9.17) is 0 Å². The van der Waals surface area contributed by atoms with E-state index in [1.54, 1.807) is 0 Å². The molecule has 1 aliphatic carbocycles. The van der Waals surface area contributed by atoms with Gasteiger partial charge in [0.15, 0.2) is 5.78 Å². The van der Waals surface area contributed by atoms with Gasteiger partial charge in [0.1, 0.15) is 5.52 Å². The first-order valence-corrected chi connectivity index (χ1v) is 7.93. The molecule has 0 bridgehead atoms. The molecule has 0 amide bonds. The van der Waals surface area contributed by atoms with Gasteiger partial charge in [-0.1, -0.05) is 47.7 Å². The minimum atomic E-state index is -0.0381. The van der Waals surface area contributed by atoms with Gasteiger partial charge >= 0.3 is 0 Å². The molecular formula is C19H17N3O. The van der Waals surface area contributed by atoms with E-state index in [0.29, 0.717) is 6.42 Å². The zero-order valence-corrected chi connectivity index (χ0v) is 12.7. The van der Waals surface area contributed by atoms with Gasteiger partial charge in [-0.05, 0) is 36.6 Å². The maximum absolute atomic E-state index is 12.5. The molecule has 23 heavy (non-hydrogen) atoms. The molecule has 1 unspecified atom stereocenters. The summed E-state index contributed by atoms with van der Waals surface area (Å²) in [6, 6.07) is 17.8. The second-order valence-electron chi connectivity index (χ2n) is 5.86. The SMILES string of the molecule is O=C1CCCC(n2nnc3ccccc32)/C1=C\c1ccccc1. The first-order valence-electron chi connectivity index (χ1n) is 7.93. The molecule has 1 heterocycles. The van der Waals surface area contributed by atoms with Gasteiger partial charge in [-0.25, -0.2) is 4.68 Å². The van der Waals surface area contributed by atoms with Crippen molar-refractivity contribution in [1.29, 1.82) is 0 Å². The van der Waals surface area contributed by atoms with Crippen LogP contribution in [0.5, 0.6) is 0 Å². The number of benzene rings is 2. The lowest BCUT2D eigenvalue weighted by Gasteiger charge is -2.25. The van der Waals surface area contributed by atoms with Gasteiger partial charge in [0.2, 0.25) is 0 Å². The number of carbonyl (C=O) groups excluding carboxylic acids is 1. The average Bonchev–Trinajstić information content (AvgIpc) is 3.02. The fraction of sp³-hybridized carbons (Fsp3) is 0.211. The number of fused-ring (bicyclic) bond motifs is 1. The minimum Gasteiger partial charge on any atom is -0.294 e. The molecule has 0 aliphatic heterocycles. The number of Topliss-reactive ketones (excluding diaryl/α,β-unsaturated/α-hetero) is 1. The Morgan fingerprint density at radius 1 is 1.04 bits per heavy atom. The molecule has 1 aliphatic rings. The Hall–Kier alpha value is -2.75. The molecule has 114 valence electrons. The van der Waals surface area contributed by atoms with Crippen LogP contribution in [-0.2, 0) is 4.79 Å². The van der Waals surface area contributed by atoms with Gasteiger partial charge in [0.25, 0.3) is 0 Å². The average molecular weight is 303 g/mol. The van der Waals surface area contributed by atoms with Crippen molar-refractivity contribution in [3.05, 3.63) is 65.7 Å². The van der Waals surface area contributed by atoms with E-state index in [1.165, 1.54) is 0 Å². The highest BCUT2D eigenvalue weighted by atomic mass is 16.1. The van der Waals surface area contributed by atoms with E-state index < -0.39 is 0 Å². The Kier molecular flexibility index (Phi) is 3.50. The van der Waals surface area contributed by atoms with Crippen LogP contribution in [0.4, 0.5) is 0 Å². The highest BCUT2D eigenvalue weighted by Crippen LogP contribution is 2.33. The van der Waals surface area contributed by atoms with Crippen molar-refractivity contribution in [1.82, 2.24) is 15.0 Å². The monoisotopic (exact) mass is 303 g/mol. The quantitative estimate of drug-likeness (QED) is 0.676. The topological polar surface area (TPSA) is 47.8 Å². The van der Waals surface area contributed by atoms with Gasteiger partial charge in [-0.3, -0.25) is 4.79 Å². The largest absolute Gasteiger partial charge is 0.294 e. The first kappa shape index (κ1) is 13.9. The Balaban J connectivity index is 1.82. The van der Waals surface area contributed by atoms with Crippen LogP contribution in [0.2, 0.25) is 0 Å². The minimum absolute atomic E-state index is 0.0381. The molecule has 0 spiro atoms. The summed E-state index contributed by atoms with van der Waals surface area (Å²) in [4.78, 5) is 12.5. The maximum atomic E-state index is 12.5. The molecule has 2 aromatic carbocycles. The summed E-state index contributed by atoms with van der Waals surface area (Å²) in [5.74, 6) is 0.213. The summed E-state index contributed by atoms with van der Waals surface area (Å²) in [6.07, 6.45) is 4.42. The molecule has 1 atom stereocenters. The van der Waals surface area contributed by atoms with Crippen molar-refractivity contribution in [2.24, 2.45) is 0 Å². The Morgan fingerprint density at radius 3 is 2.70 bits per heavy atom. The summed E-state index contributed by atoms with van der Waals surface area (Å²) >= 11 is 0. The number of ketones is 1. The first-order chi connectivity index (χ1) is 11.3. The predicted octanol–water partition coefficient (Wildman–Crippen LogP) is 3.81. The van der Waals surface area contributed by atoms with Crippen molar-refractivity contribution >= 4 is 22.9 Å². The molecule has 1 aromatic heterocycles. The van der Waals surface area contributed by atoms with Gasteiger partial charge in [0.05, 0.1) is 11.6 Å². The number of aromatic nitrogens is 3. The molecular weight excluding hydrogens is 286 g/mol. The Labute approximate surface area is 134 Å². The van der Waals surface area contributed by atoms with Crippen LogP contribution in [0.15, 0.2) is 60.2 Å². The van der Waals surface area contributed by atoms with E-state index in [1.807, 2.05) is 65.4 Å². The zero-order valence-electron chi connectivity index (χ0n) is 12.7. The molecule has 4 rings (SSSR count). The molecule has 0 saturated heterocycles. The van der Waals surface area contributed by atoms with Crippen LogP contribution in [0.1, 0.15) is 30.9 Å².